The van der Waals surface area contributed by atoms with Crippen LogP contribution in [-0.2, 0) is 4.79 Å². The van der Waals surface area contributed by atoms with Gasteiger partial charge in [-0.1, -0.05) is 13.3 Å². The van der Waals surface area contributed by atoms with Crippen LogP contribution in [0.3, 0.4) is 0 Å². The quantitative estimate of drug-likeness (QED) is 0.816. The summed E-state index contributed by atoms with van der Waals surface area (Å²) < 4.78 is 0. The molecule has 1 saturated carbocycles. The second-order valence-corrected chi connectivity index (χ2v) is 8.25. The zero-order chi connectivity index (χ0) is 16.3. The predicted molar refractivity (Wildman–Crippen MR) is 94.4 cm³/mol. The van der Waals surface area contributed by atoms with Gasteiger partial charge in [0.1, 0.15) is 0 Å². The average Bonchev–Trinajstić information content (AvgIpc) is 3.26. The van der Waals surface area contributed by atoms with Gasteiger partial charge in [-0.3, -0.25) is 4.79 Å². The molecule has 1 amide bonds. The molecule has 2 saturated heterocycles. The van der Waals surface area contributed by atoms with E-state index in [4.69, 9.17) is 0 Å². The molecule has 1 aliphatic carbocycles. The Morgan fingerprint density at radius 1 is 1.26 bits per heavy atom. The summed E-state index contributed by atoms with van der Waals surface area (Å²) in [6.07, 6.45) is 8.55. The van der Waals surface area contributed by atoms with E-state index in [2.05, 4.69) is 29.1 Å². The molecule has 0 radical (unpaired) electrons. The lowest BCUT2D eigenvalue weighted by molar-refractivity contribution is -0.135. The van der Waals surface area contributed by atoms with E-state index in [1.54, 1.807) is 0 Å². The molecule has 0 aromatic heterocycles. The fraction of sp³-hybridized carbons (Fsp3) is 0.947. The van der Waals surface area contributed by atoms with Crippen molar-refractivity contribution in [3.05, 3.63) is 0 Å². The van der Waals surface area contributed by atoms with Gasteiger partial charge in [0.15, 0.2) is 0 Å². The van der Waals surface area contributed by atoms with Gasteiger partial charge in [-0.25, -0.2) is 0 Å². The van der Waals surface area contributed by atoms with Crippen LogP contribution in [0.1, 0.15) is 51.9 Å². The highest BCUT2D eigenvalue weighted by atomic mass is 16.2. The van der Waals surface area contributed by atoms with Gasteiger partial charge in [0.25, 0.3) is 0 Å². The largest absolute Gasteiger partial charge is 0.342 e. The SMILES string of the molecule is CCCCN(C)CC1CCN(C(=O)C2CC23CCNCC3)CC1. The number of carbonyl (C=O) groups is 1. The number of carbonyl (C=O) groups excluding carboxylic acids is 1. The van der Waals surface area contributed by atoms with Gasteiger partial charge in [0, 0.05) is 25.6 Å². The second kappa shape index (κ2) is 7.52. The Morgan fingerprint density at radius 2 is 1.96 bits per heavy atom. The predicted octanol–water partition coefficient (Wildman–Crippen LogP) is 2.35. The van der Waals surface area contributed by atoms with Crippen LogP contribution in [-0.4, -0.2) is 62.0 Å². The molecule has 132 valence electrons. The molecule has 0 aromatic carbocycles. The van der Waals surface area contributed by atoms with Gasteiger partial charge in [0.2, 0.25) is 5.91 Å². The fourth-order valence-corrected chi connectivity index (χ4v) is 4.69. The monoisotopic (exact) mass is 321 g/mol. The van der Waals surface area contributed by atoms with Gasteiger partial charge in [-0.15, -0.1) is 0 Å². The lowest BCUT2D eigenvalue weighted by Crippen LogP contribution is -2.43. The van der Waals surface area contributed by atoms with Gasteiger partial charge < -0.3 is 15.1 Å². The first kappa shape index (κ1) is 17.2. The van der Waals surface area contributed by atoms with Crippen LogP contribution in [0.15, 0.2) is 0 Å². The number of hydrogen-bond donors (Lipinski definition) is 1. The lowest BCUT2D eigenvalue weighted by atomic mass is 9.91. The van der Waals surface area contributed by atoms with Crippen LogP contribution < -0.4 is 5.32 Å². The summed E-state index contributed by atoms with van der Waals surface area (Å²) in [7, 11) is 2.25. The standard InChI is InChI=1S/C19H35N3O/c1-3-4-11-21(2)15-16-5-12-22(13-6-16)18(23)17-14-19(17)7-9-20-10-8-19/h16-17,20H,3-15H2,1-2H3. The first-order valence-electron chi connectivity index (χ1n) is 9.83. The highest BCUT2D eigenvalue weighted by molar-refractivity contribution is 5.82. The number of nitrogens with one attached hydrogen (secondary N) is 1. The summed E-state index contributed by atoms with van der Waals surface area (Å²) >= 11 is 0. The Balaban J connectivity index is 1.40. The summed E-state index contributed by atoms with van der Waals surface area (Å²) in [4.78, 5) is 17.5. The minimum absolute atomic E-state index is 0.355. The van der Waals surface area contributed by atoms with Crippen LogP contribution >= 0.6 is 0 Å². The number of likely N-dealkylation sites (tertiary alicyclic amines) is 1. The molecule has 4 nitrogen and oxygen atoms in total. The Bertz CT molecular complexity index is 397. The molecule has 2 heterocycles. The van der Waals surface area contributed by atoms with E-state index in [9.17, 15) is 4.79 Å². The minimum Gasteiger partial charge on any atom is -0.342 e. The first-order chi connectivity index (χ1) is 11.1. The highest BCUT2D eigenvalue weighted by Crippen LogP contribution is 2.59. The molecule has 1 spiro atoms. The average molecular weight is 322 g/mol. The molecule has 4 heteroatoms. The summed E-state index contributed by atoms with van der Waals surface area (Å²) in [5.74, 6) is 1.62. The molecule has 1 N–H and O–H groups in total. The van der Waals surface area contributed by atoms with Crippen molar-refractivity contribution in [1.29, 1.82) is 0 Å². The number of hydrogen-bond acceptors (Lipinski definition) is 3. The second-order valence-electron chi connectivity index (χ2n) is 8.25. The summed E-state index contributed by atoms with van der Waals surface area (Å²) in [5, 5.41) is 3.43. The number of piperidine rings is 2. The Morgan fingerprint density at radius 3 is 2.61 bits per heavy atom. The van der Waals surface area contributed by atoms with Crippen molar-refractivity contribution in [3.63, 3.8) is 0 Å². The van der Waals surface area contributed by atoms with Crippen molar-refractivity contribution in [2.24, 2.45) is 17.3 Å². The van der Waals surface area contributed by atoms with Crippen molar-refractivity contribution in [1.82, 2.24) is 15.1 Å². The third-order valence-corrected chi connectivity index (χ3v) is 6.48. The zero-order valence-electron chi connectivity index (χ0n) is 15.1. The van der Waals surface area contributed by atoms with Crippen molar-refractivity contribution in [3.8, 4) is 0 Å². The molecule has 1 unspecified atom stereocenters. The van der Waals surface area contributed by atoms with Crippen molar-refractivity contribution in [2.45, 2.75) is 51.9 Å². The molecule has 3 fully saturated rings. The van der Waals surface area contributed by atoms with E-state index in [0.717, 1.165) is 38.5 Å². The summed E-state index contributed by atoms with van der Waals surface area (Å²) in [6.45, 7) is 8.89. The molecular formula is C19H35N3O. The summed E-state index contributed by atoms with van der Waals surface area (Å²) in [6, 6.07) is 0. The molecule has 0 aromatic rings. The van der Waals surface area contributed by atoms with Crippen LogP contribution in [0.25, 0.3) is 0 Å². The maximum Gasteiger partial charge on any atom is 0.226 e. The van der Waals surface area contributed by atoms with Crippen molar-refractivity contribution in [2.75, 3.05) is 46.3 Å². The molecule has 2 aliphatic heterocycles. The molecule has 1 atom stereocenters. The van der Waals surface area contributed by atoms with E-state index in [-0.39, 0.29) is 0 Å². The Kier molecular flexibility index (Phi) is 5.63. The lowest BCUT2D eigenvalue weighted by Gasteiger charge is -2.35. The zero-order valence-corrected chi connectivity index (χ0v) is 15.1. The number of rotatable bonds is 6. The van der Waals surface area contributed by atoms with E-state index in [1.165, 1.54) is 51.6 Å². The van der Waals surface area contributed by atoms with Crippen molar-refractivity contribution < 1.29 is 4.79 Å². The van der Waals surface area contributed by atoms with Gasteiger partial charge in [0.05, 0.1) is 0 Å². The number of nitrogens with zero attached hydrogens (tertiary/aromatic N) is 2. The Hall–Kier alpha value is -0.610. The maximum absolute atomic E-state index is 12.8. The highest BCUT2D eigenvalue weighted by Gasteiger charge is 2.58. The van der Waals surface area contributed by atoms with E-state index < -0.39 is 0 Å². The first-order valence-corrected chi connectivity index (χ1v) is 9.83. The van der Waals surface area contributed by atoms with Gasteiger partial charge in [-0.05, 0) is 76.5 Å². The molecule has 3 aliphatic rings. The van der Waals surface area contributed by atoms with Crippen LogP contribution in [0.4, 0.5) is 0 Å². The minimum atomic E-state index is 0.355. The van der Waals surface area contributed by atoms with Crippen LogP contribution in [0, 0.1) is 17.3 Å². The maximum atomic E-state index is 12.8. The summed E-state index contributed by atoms with van der Waals surface area (Å²) in [5.41, 5.74) is 0.388. The Labute approximate surface area is 142 Å². The van der Waals surface area contributed by atoms with Gasteiger partial charge in [-0.2, -0.15) is 0 Å². The smallest absolute Gasteiger partial charge is 0.226 e. The van der Waals surface area contributed by atoms with E-state index >= 15 is 0 Å². The van der Waals surface area contributed by atoms with E-state index in [0.29, 0.717) is 17.2 Å². The molecule has 0 bridgehead atoms. The molecular weight excluding hydrogens is 286 g/mol. The number of amides is 1. The van der Waals surface area contributed by atoms with E-state index in [1.807, 2.05) is 0 Å². The van der Waals surface area contributed by atoms with Crippen molar-refractivity contribution >= 4 is 5.91 Å². The normalized spacial score (nSPS) is 27.6. The van der Waals surface area contributed by atoms with Gasteiger partial charge >= 0.3 is 0 Å². The molecule has 23 heavy (non-hydrogen) atoms. The fourth-order valence-electron chi connectivity index (χ4n) is 4.69. The topological polar surface area (TPSA) is 35.6 Å². The molecule has 3 rings (SSSR count). The van der Waals surface area contributed by atoms with Crippen LogP contribution in [0.5, 0.6) is 0 Å². The third kappa shape index (κ3) is 4.08. The third-order valence-electron chi connectivity index (χ3n) is 6.48. The van der Waals surface area contributed by atoms with Crippen LogP contribution in [0.2, 0.25) is 0 Å². The number of unbranched alkanes of at least 4 members (excludes halogenated alkanes) is 1.